The number of amides is 3. The Morgan fingerprint density at radius 2 is 1.90 bits per heavy atom. The number of hydrogen-bond donors (Lipinski definition) is 1. The number of hydrogen-bond acceptors (Lipinski definition) is 4. The highest BCUT2D eigenvalue weighted by atomic mass is 79.9. The van der Waals surface area contributed by atoms with Crippen molar-refractivity contribution in [2.75, 3.05) is 20.2 Å². The normalized spacial score (nSPS) is 18.8. The van der Waals surface area contributed by atoms with Crippen molar-refractivity contribution in [2.24, 2.45) is 0 Å². The molecule has 2 aliphatic heterocycles. The van der Waals surface area contributed by atoms with Crippen LogP contribution in [-0.2, 0) is 22.6 Å². The highest BCUT2D eigenvalue weighted by molar-refractivity contribution is 9.10. The van der Waals surface area contributed by atoms with Crippen molar-refractivity contribution < 1.29 is 19.1 Å². The van der Waals surface area contributed by atoms with Gasteiger partial charge in [-0.3, -0.25) is 14.4 Å². The second kappa shape index (κ2) is 10.8. The number of aromatic nitrogens is 1. The Kier molecular flexibility index (Phi) is 7.52. The van der Waals surface area contributed by atoms with Crippen LogP contribution in [0.4, 0.5) is 0 Å². The van der Waals surface area contributed by atoms with E-state index in [4.69, 9.17) is 4.74 Å². The molecule has 0 unspecified atom stereocenters. The van der Waals surface area contributed by atoms with Gasteiger partial charge in [-0.25, -0.2) is 0 Å². The van der Waals surface area contributed by atoms with Gasteiger partial charge in [-0.05, 0) is 69.5 Å². The van der Waals surface area contributed by atoms with Crippen molar-refractivity contribution in [3.8, 4) is 5.75 Å². The zero-order valence-electron chi connectivity index (χ0n) is 23.6. The number of aryl methyl sites for hydroxylation is 1. The monoisotopic (exact) mass is 606 g/mol. The number of halogens is 1. The number of methoxy groups -OCH3 is 1. The summed E-state index contributed by atoms with van der Waals surface area (Å²) in [6.07, 6.45) is 1.98. The van der Waals surface area contributed by atoms with Crippen LogP contribution < -0.4 is 10.1 Å². The molecule has 1 fully saturated rings. The number of nitrogens with zero attached hydrogens (tertiary/aromatic N) is 3. The first-order valence-electron chi connectivity index (χ1n) is 13.5. The van der Waals surface area contributed by atoms with Gasteiger partial charge in [0.15, 0.2) is 0 Å². The standard InChI is InChI=1S/C31H35BrN4O4/c1-7-28(38)34-14-22(15-34)33-27(37)16-35-20(5)29(25-13-21(32)11-17(2)30(25)35)31(39)36-18(3)12-24-23(19(36)4)9-8-10-26(24)40-6/h7-11,13,18-19,22H,1,12,14-16H2,2-6H3,(H,33,37)/t18-,19-/m1/s1. The van der Waals surface area contributed by atoms with Crippen molar-refractivity contribution in [1.29, 1.82) is 0 Å². The van der Waals surface area contributed by atoms with E-state index in [1.807, 2.05) is 47.6 Å². The molecule has 0 radical (unpaired) electrons. The maximum absolute atomic E-state index is 14.4. The molecule has 9 heteroatoms. The molecule has 40 heavy (non-hydrogen) atoms. The van der Waals surface area contributed by atoms with E-state index >= 15 is 0 Å². The van der Waals surface area contributed by atoms with E-state index in [-0.39, 0.29) is 42.4 Å². The zero-order valence-corrected chi connectivity index (χ0v) is 25.2. The van der Waals surface area contributed by atoms with E-state index in [9.17, 15) is 14.4 Å². The summed E-state index contributed by atoms with van der Waals surface area (Å²) < 4.78 is 8.45. The van der Waals surface area contributed by atoms with Crippen LogP contribution in [0.15, 0.2) is 47.5 Å². The molecule has 8 nitrogen and oxygen atoms in total. The average Bonchev–Trinajstić information content (AvgIpc) is 3.15. The lowest BCUT2D eigenvalue weighted by atomic mass is 9.88. The molecular weight excluding hydrogens is 572 g/mol. The van der Waals surface area contributed by atoms with Crippen LogP contribution in [0, 0.1) is 13.8 Å². The Morgan fingerprint density at radius 1 is 1.18 bits per heavy atom. The van der Waals surface area contributed by atoms with E-state index in [1.165, 1.54) is 6.08 Å². The number of fused-ring (bicyclic) bond motifs is 2. The minimum atomic E-state index is -0.155. The molecule has 1 aromatic heterocycles. The molecule has 5 rings (SSSR count). The fourth-order valence-electron chi connectivity index (χ4n) is 6.36. The number of carbonyl (C=O) groups is 3. The van der Waals surface area contributed by atoms with Gasteiger partial charge in [0.1, 0.15) is 12.3 Å². The van der Waals surface area contributed by atoms with Gasteiger partial charge in [0.2, 0.25) is 11.8 Å². The van der Waals surface area contributed by atoms with Crippen LogP contribution in [0.5, 0.6) is 5.75 Å². The smallest absolute Gasteiger partial charge is 0.257 e. The van der Waals surface area contributed by atoms with Crippen molar-refractivity contribution in [1.82, 2.24) is 19.7 Å². The summed E-state index contributed by atoms with van der Waals surface area (Å²) in [5.74, 6) is 0.511. The summed E-state index contributed by atoms with van der Waals surface area (Å²) >= 11 is 3.61. The molecule has 3 heterocycles. The molecule has 2 atom stereocenters. The molecule has 0 bridgehead atoms. The molecule has 1 N–H and O–H groups in total. The predicted octanol–water partition coefficient (Wildman–Crippen LogP) is 4.69. The summed E-state index contributed by atoms with van der Waals surface area (Å²) in [7, 11) is 1.68. The molecule has 0 spiro atoms. The van der Waals surface area contributed by atoms with Crippen molar-refractivity contribution in [2.45, 2.75) is 58.8 Å². The minimum absolute atomic E-state index is 0.0412. The highest BCUT2D eigenvalue weighted by Gasteiger charge is 2.37. The number of benzene rings is 2. The van der Waals surface area contributed by atoms with E-state index < -0.39 is 0 Å². The topological polar surface area (TPSA) is 83.9 Å². The first-order chi connectivity index (χ1) is 19.0. The molecule has 0 saturated carbocycles. The lowest BCUT2D eigenvalue weighted by Crippen LogP contribution is -2.61. The predicted molar refractivity (Wildman–Crippen MR) is 159 cm³/mol. The largest absolute Gasteiger partial charge is 0.496 e. The molecule has 1 saturated heterocycles. The molecular formula is C31H35BrN4O4. The Hall–Kier alpha value is -3.59. The maximum atomic E-state index is 14.4. The van der Waals surface area contributed by atoms with Gasteiger partial charge >= 0.3 is 0 Å². The molecule has 3 aromatic rings. The lowest BCUT2D eigenvalue weighted by Gasteiger charge is -2.41. The SMILES string of the molecule is C=CC(=O)N1CC(NC(=O)Cn2c(C)c(C(=O)N3[C@H](C)Cc4c(OC)cccc4[C@H]3C)c3cc(Br)cc(C)c32)C1. The zero-order chi connectivity index (χ0) is 28.9. The fourth-order valence-corrected chi connectivity index (χ4v) is 6.93. The second-order valence-electron chi connectivity index (χ2n) is 10.8. The van der Waals surface area contributed by atoms with Gasteiger partial charge in [0, 0.05) is 40.2 Å². The van der Waals surface area contributed by atoms with E-state index in [0.717, 1.165) is 43.5 Å². The number of likely N-dealkylation sites (tertiary alicyclic amines) is 1. The van der Waals surface area contributed by atoms with Crippen molar-refractivity contribution in [3.63, 3.8) is 0 Å². The maximum Gasteiger partial charge on any atom is 0.257 e. The molecule has 2 aliphatic rings. The summed E-state index contributed by atoms with van der Waals surface area (Å²) in [4.78, 5) is 42.9. The van der Waals surface area contributed by atoms with Crippen molar-refractivity contribution in [3.05, 3.63) is 75.4 Å². The van der Waals surface area contributed by atoms with Gasteiger partial charge in [0.25, 0.3) is 5.91 Å². The first-order valence-corrected chi connectivity index (χ1v) is 14.3. The van der Waals surface area contributed by atoms with Crippen molar-refractivity contribution >= 4 is 44.6 Å². The molecule has 2 aromatic carbocycles. The quantitative estimate of drug-likeness (QED) is 0.413. The number of ether oxygens (including phenoxy) is 1. The summed E-state index contributed by atoms with van der Waals surface area (Å²) in [6.45, 7) is 12.6. The molecule has 210 valence electrons. The van der Waals surface area contributed by atoms with Gasteiger partial charge in [-0.15, -0.1) is 0 Å². The molecule has 0 aliphatic carbocycles. The van der Waals surface area contributed by atoms with Gasteiger partial charge in [0.05, 0.1) is 30.3 Å². The summed E-state index contributed by atoms with van der Waals surface area (Å²) in [6, 6.07) is 9.70. The van der Waals surface area contributed by atoms with E-state index in [2.05, 4.69) is 47.7 Å². The van der Waals surface area contributed by atoms with Crippen LogP contribution >= 0.6 is 15.9 Å². The van der Waals surface area contributed by atoms with Gasteiger partial charge in [-0.1, -0.05) is 34.6 Å². The lowest BCUT2D eigenvalue weighted by molar-refractivity contribution is -0.133. The third kappa shape index (κ3) is 4.70. The van der Waals surface area contributed by atoms with Crippen LogP contribution in [0.3, 0.4) is 0 Å². The van der Waals surface area contributed by atoms with Crippen LogP contribution in [0.2, 0.25) is 0 Å². The average molecular weight is 608 g/mol. The third-order valence-corrected chi connectivity index (χ3v) is 8.74. The Labute approximate surface area is 243 Å². The Morgan fingerprint density at radius 3 is 2.58 bits per heavy atom. The summed E-state index contributed by atoms with van der Waals surface area (Å²) in [5, 5.41) is 3.85. The summed E-state index contributed by atoms with van der Waals surface area (Å²) in [5.41, 5.74) is 5.45. The molecule has 3 amide bonds. The number of rotatable bonds is 6. The van der Waals surface area contributed by atoms with Crippen LogP contribution in [0.25, 0.3) is 10.9 Å². The highest BCUT2D eigenvalue weighted by Crippen LogP contribution is 2.40. The van der Waals surface area contributed by atoms with Gasteiger partial charge < -0.3 is 24.4 Å². The van der Waals surface area contributed by atoms with E-state index in [0.29, 0.717) is 25.1 Å². The van der Waals surface area contributed by atoms with Crippen LogP contribution in [0.1, 0.15) is 52.6 Å². The van der Waals surface area contributed by atoms with Crippen LogP contribution in [-0.4, -0.2) is 64.4 Å². The Balaban J connectivity index is 1.49. The number of carbonyl (C=O) groups excluding carboxylic acids is 3. The van der Waals surface area contributed by atoms with E-state index in [1.54, 1.807) is 12.0 Å². The Bertz CT molecular complexity index is 1540. The number of nitrogens with one attached hydrogen (secondary N) is 1. The minimum Gasteiger partial charge on any atom is -0.496 e. The third-order valence-electron chi connectivity index (χ3n) is 8.29. The fraction of sp³-hybridized carbons (Fsp3) is 0.387. The first kappa shape index (κ1) is 28.0. The van der Waals surface area contributed by atoms with Gasteiger partial charge in [-0.2, -0.15) is 0 Å². The second-order valence-corrected chi connectivity index (χ2v) is 11.8.